The maximum absolute atomic E-state index is 4.67. The molecule has 88 valence electrons. The van der Waals surface area contributed by atoms with Crippen LogP contribution in [-0.2, 0) is 0 Å². The van der Waals surface area contributed by atoms with Gasteiger partial charge in [-0.25, -0.2) is 4.98 Å². The fourth-order valence-electron chi connectivity index (χ4n) is 1.65. The smallest absolute Gasteiger partial charge is 0.124 e. The summed E-state index contributed by atoms with van der Waals surface area (Å²) in [5.74, 6) is 0. The lowest BCUT2D eigenvalue weighted by molar-refractivity contribution is 1.32. The van der Waals surface area contributed by atoms with Crippen molar-refractivity contribution in [3.8, 4) is 21.8 Å². The van der Waals surface area contributed by atoms with Gasteiger partial charge in [0.1, 0.15) is 5.01 Å². The Morgan fingerprint density at radius 2 is 1.61 bits per heavy atom. The van der Waals surface area contributed by atoms with Gasteiger partial charge in [0.2, 0.25) is 0 Å². The van der Waals surface area contributed by atoms with E-state index in [9.17, 15) is 0 Å². The zero-order valence-corrected chi connectivity index (χ0v) is 12.4. The molecule has 18 heavy (non-hydrogen) atoms. The standard InChI is InChI=1S/C14H9IN2S/c15-12-3-1-10(2-4-12)13-9-18-14(17-13)11-5-7-16-8-6-11/h1-9H. The van der Waals surface area contributed by atoms with Crippen LogP contribution in [0.5, 0.6) is 0 Å². The van der Waals surface area contributed by atoms with E-state index >= 15 is 0 Å². The van der Waals surface area contributed by atoms with E-state index in [2.05, 4.69) is 62.2 Å². The summed E-state index contributed by atoms with van der Waals surface area (Å²) in [7, 11) is 0. The van der Waals surface area contributed by atoms with E-state index in [0.717, 1.165) is 21.8 Å². The average Bonchev–Trinajstić information content (AvgIpc) is 2.90. The number of nitrogens with zero attached hydrogens (tertiary/aromatic N) is 2. The van der Waals surface area contributed by atoms with Crippen molar-refractivity contribution in [2.24, 2.45) is 0 Å². The summed E-state index contributed by atoms with van der Waals surface area (Å²) in [5.41, 5.74) is 3.31. The lowest BCUT2D eigenvalue weighted by atomic mass is 10.2. The van der Waals surface area contributed by atoms with E-state index in [1.807, 2.05) is 12.1 Å². The number of hydrogen-bond donors (Lipinski definition) is 0. The zero-order valence-electron chi connectivity index (χ0n) is 9.38. The second-order valence-corrected chi connectivity index (χ2v) is 5.88. The summed E-state index contributed by atoms with van der Waals surface area (Å²) in [6, 6.07) is 12.4. The molecule has 0 N–H and O–H groups in total. The summed E-state index contributed by atoms with van der Waals surface area (Å²) >= 11 is 3.97. The van der Waals surface area contributed by atoms with Gasteiger partial charge in [0, 0.05) is 32.5 Å². The third kappa shape index (κ3) is 2.44. The molecule has 0 radical (unpaired) electrons. The highest BCUT2D eigenvalue weighted by Gasteiger charge is 2.06. The zero-order chi connectivity index (χ0) is 12.4. The minimum Gasteiger partial charge on any atom is -0.265 e. The molecule has 0 bridgehead atoms. The van der Waals surface area contributed by atoms with Gasteiger partial charge in [-0.2, -0.15) is 0 Å². The first-order chi connectivity index (χ1) is 8.83. The molecule has 0 spiro atoms. The minimum absolute atomic E-state index is 1.03. The molecule has 2 nitrogen and oxygen atoms in total. The summed E-state index contributed by atoms with van der Waals surface area (Å²) in [6.45, 7) is 0. The predicted octanol–water partition coefficient (Wildman–Crippen LogP) is 4.48. The van der Waals surface area contributed by atoms with E-state index < -0.39 is 0 Å². The van der Waals surface area contributed by atoms with Crippen molar-refractivity contribution < 1.29 is 0 Å². The molecule has 1 aromatic carbocycles. The Labute approximate surface area is 123 Å². The van der Waals surface area contributed by atoms with E-state index in [-0.39, 0.29) is 0 Å². The molecule has 2 heterocycles. The molecule has 0 aliphatic carbocycles. The first-order valence-electron chi connectivity index (χ1n) is 5.45. The highest BCUT2D eigenvalue weighted by Crippen LogP contribution is 2.28. The third-order valence-electron chi connectivity index (χ3n) is 2.57. The maximum atomic E-state index is 4.67. The van der Waals surface area contributed by atoms with Crippen molar-refractivity contribution in [1.82, 2.24) is 9.97 Å². The normalized spacial score (nSPS) is 10.5. The van der Waals surface area contributed by atoms with Crippen molar-refractivity contribution in [2.75, 3.05) is 0 Å². The number of hydrogen-bond acceptors (Lipinski definition) is 3. The Hall–Kier alpha value is -1.27. The second-order valence-electron chi connectivity index (χ2n) is 3.78. The Morgan fingerprint density at radius 3 is 2.33 bits per heavy atom. The Balaban J connectivity index is 1.97. The molecule has 0 atom stereocenters. The fraction of sp³-hybridized carbons (Fsp3) is 0. The quantitative estimate of drug-likeness (QED) is 0.627. The number of benzene rings is 1. The number of thiazole rings is 1. The summed E-state index contributed by atoms with van der Waals surface area (Å²) in [5, 5.41) is 3.13. The number of aromatic nitrogens is 2. The molecule has 0 unspecified atom stereocenters. The molecular weight excluding hydrogens is 355 g/mol. The van der Waals surface area contributed by atoms with Crippen LogP contribution in [0.2, 0.25) is 0 Å². The highest BCUT2D eigenvalue weighted by atomic mass is 127. The van der Waals surface area contributed by atoms with E-state index in [1.54, 1.807) is 23.7 Å². The summed E-state index contributed by atoms with van der Waals surface area (Å²) in [6.07, 6.45) is 3.59. The summed E-state index contributed by atoms with van der Waals surface area (Å²) in [4.78, 5) is 8.69. The average molecular weight is 364 g/mol. The molecule has 0 saturated heterocycles. The first kappa shape index (κ1) is 11.8. The van der Waals surface area contributed by atoms with Gasteiger partial charge in [0.25, 0.3) is 0 Å². The molecule has 0 aliphatic rings. The van der Waals surface area contributed by atoms with Crippen LogP contribution in [0.15, 0.2) is 54.2 Å². The van der Waals surface area contributed by atoms with Gasteiger partial charge in [-0.05, 0) is 46.9 Å². The Kier molecular flexibility index (Phi) is 3.38. The maximum Gasteiger partial charge on any atom is 0.124 e. The SMILES string of the molecule is Ic1ccc(-c2csc(-c3ccncc3)n2)cc1. The monoisotopic (exact) mass is 364 g/mol. The van der Waals surface area contributed by atoms with E-state index in [1.165, 1.54) is 3.57 Å². The lowest BCUT2D eigenvalue weighted by Crippen LogP contribution is -1.80. The van der Waals surface area contributed by atoms with Crippen LogP contribution in [0.1, 0.15) is 0 Å². The molecule has 0 fully saturated rings. The van der Waals surface area contributed by atoms with Gasteiger partial charge in [-0.1, -0.05) is 12.1 Å². The molecule has 4 heteroatoms. The van der Waals surface area contributed by atoms with Gasteiger partial charge >= 0.3 is 0 Å². The molecular formula is C14H9IN2S. The van der Waals surface area contributed by atoms with Gasteiger partial charge in [0.15, 0.2) is 0 Å². The second kappa shape index (κ2) is 5.16. The third-order valence-corrected chi connectivity index (χ3v) is 4.18. The number of halogens is 1. The topological polar surface area (TPSA) is 25.8 Å². The number of pyridine rings is 1. The first-order valence-corrected chi connectivity index (χ1v) is 7.40. The van der Waals surface area contributed by atoms with Crippen LogP contribution in [0.25, 0.3) is 21.8 Å². The van der Waals surface area contributed by atoms with Crippen molar-refractivity contribution in [1.29, 1.82) is 0 Å². The number of rotatable bonds is 2. The van der Waals surface area contributed by atoms with Crippen LogP contribution in [0, 0.1) is 3.57 Å². The van der Waals surface area contributed by atoms with Crippen LogP contribution in [0.4, 0.5) is 0 Å². The molecule has 0 saturated carbocycles. The predicted molar refractivity (Wildman–Crippen MR) is 83.5 cm³/mol. The Bertz CT molecular complexity index is 647. The minimum atomic E-state index is 1.03. The van der Waals surface area contributed by atoms with Crippen molar-refractivity contribution >= 4 is 33.9 Å². The van der Waals surface area contributed by atoms with Gasteiger partial charge in [0.05, 0.1) is 5.69 Å². The van der Waals surface area contributed by atoms with Gasteiger partial charge in [-0.15, -0.1) is 11.3 Å². The van der Waals surface area contributed by atoms with Crippen LogP contribution < -0.4 is 0 Å². The largest absolute Gasteiger partial charge is 0.265 e. The van der Waals surface area contributed by atoms with Crippen LogP contribution >= 0.6 is 33.9 Å². The van der Waals surface area contributed by atoms with E-state index in [4.69, 9.17) is 0 Å². The van der Waals surface area contributed by atoms with Gasteiger partial charge in [-0.3, -0.25) is 4.98 Å². The van der Waals surface area contributed by atoms with Crippen molar-refractivity contribution in [3.63, 3.8) is 0 Å². The molecule has 0 aliphatic heterocycles. The van der Waals surface area contributed by atoms with Crippen LogP contribution in [0.3, 0.4) is 0 Å². The Morgan fingerprint density at radius 1 is 0.889 bits per heavy atom. The molecule has 3 aromatic rings. The van der Waals surface area contributed by atoms with Gasteiger partial charge < -0.3 is 0 Å². The molecule has 0 amide bonds. The summed E-state index contributed by atoms with van der Waals surface area (Å²) < 4.78 is 1.24. The van der Waals surface area contributed by atoms with Crippen LogP contribution in [-0.4, -0.2) is 9.97 Å². The fourth-order valence-corrected chi connectivity index (χ4v) is 2.85. The van der Waals surface area contributed by atoms with E-state index in [0.29, 0.717) is 0 Å². The highest BCUT2D eigenvalue weighted by molar-refractivity contribution is 14.1. The van der Waals surface area contributed by atoms with Crippen molar-refractivity contribution in [2.45, 2.75) is 0 Å². The molecule has 2 aromatic heterocycles. The van der Waals surface area contributed by atoms with Crippen molar-refractivity contribution in [3.05, 3.63) is 57.7 Å². The lowest BCUT2D eigenvalue weighted by Gasteiger charge is -1.97. The molecule has 3 rings (SSSR count).